The van der Waals surface area contributed by atoms with Gasteiger partial charge in [0.15, 0.2) is 0 Å². The smallest absolute Gasteiger partial charge is 0.493 e. The van der Waals surface area contributed by atoms with Crippen LogP contribution in [0, 0.1) is 5.82 Å². The normalized spacial score (nSPS) is 11.1. The summed E-state index contributed by atoms with van der Waals surface area (Å²) in [5.41, 5.74) is -0.315. The molecule has 0 aliphatic rings. The van der Waals surface area contributed by atoms with E-state index in [1.54, 1.807) is 24.0 Å². The number of rotatable bonds is 5. The average Bonchev–Trinajstić information content (AvgIpc) is 2.73. The Morgan fingerprint density at radius 1 is 1.24 bits per heavy atom. The number of halogens is 4. The van der Waals surface area contributed by atoms with E-state index in [2.05, 4.69) is 5.10 Å². The number of nitrogens with zero attached hydrogens (tertiary/aromatic N) is 2. The SMILES string of the molecule is Cn1nccc1CCOc1ccc([B-](F)(F)F)c(F)c1.[K+]. The van der Waals surface area contributed by atoms with Crippen LogP contribution in [0.4, 0.5) is 17.3 Å². The molecule has 0 atom stereocenters. The molecule has 2 aromatic rings. The molecule has 1 aromatic heterocycles. The van der Waals surface area contributed by atoms with Gasteiger partial charge in [0, 0.05) is 31.4 Å². The molecule has 0 N–H and O–H groups in total. The van der Waals surface area contributed by atoms with Gasteiger partial charge >= 0.3 is 58.4 Å². The van der Waals surface area contributed by atoms with Gasteiger partial charge in [-0.15, -0.1) is 0 Å². The van der Waals surface area contributed by atoms with Crippen molar-refractivity contribution in [2.24, 2.45) is 7.05 Å². The van der Waals surface area contributed by atoms with Crippen LogP contribution in [0.5, 0.6) is 5.75 Å². The van der Waals surface area contributed by atoms with E-state index in [9.17, 15) is 17.3 Å². The molecule has 1 aromatic carbocycles. The Morgan fingerprint density at radius 2 is 1.95 bits per heavy atom. The molecule has 0 saturated heterocycles. The second-order valence-electron chi connectivity index (χ2n) is 4.30. The molecular weight excluding hydrogens is 314 g/mol. The predicted molar refractivity (Wildman–Crippen MR) is 67.5 cm³/mol. The summed E-state index contributed by atoms with van der Waals surface area (Å²) in [6.45, 7) is -5.11. The fourth-order valence-electron chi connectivity index (χ4n) is 1.78. The Morgan fingerprint density at radius 3 is 2.48 bits per heavy atom. The maximum absolute atomic E-state index is 13.3. The van der Waals surface area contributed by atoms with Crippen LogP contribution in [-0.4, -0.2) is 23.4 Å². The monoisotopic (exact) mass is 326 g/mol. The van der Waals surface area contributed by atoms with Crippen LogP contribution in [0.2, 0.25) is 0 Å². The standard InChI is InChI=1S/C12H12BF4N2O.K/c1-19-9(4-6-18-19)5-7-20-10-2-3-11(12(14)8-10)13(15,16)17;/h2-4,6,8H,5,7H2,1H3;/q-1;+1. The molecule has 3 nitrogen and oxygen atoms in total. The Kier molecular flexibility index (Phi) is 6.92. The van der Waals surface area contributed by atoms with E-state index in [4.69, 9.17) is 4.74 Å². The van der Waals surface area contributed by atoms with Crippen molar-refractivity contribution in [1.29, 1.82) is 0 Å². The third-order valence-corrected chi connectivity index (χ3v) is 2.87. The van der Waals surface area contributed by atoms with Crippen LogP contribution in [0.1, 0.15) is 5.69 Å². The van der Waals surface area contributed by atoms with E-state index in [0.717, 1.165) is 17.8 Å². The zero-order chi connectivity index (χ0) is 14.8. The Hall–Kier alpha value is -0.349. The van der Waals surface area contributed by atoms with Gasteiger partial charge in [0.1, 0.15) is 5.75 Å². The first-order valence-corrected chi connectivity index (χ1v) is 5.97. The maximum Gasteiger partial charge on any atom is 1.00 e. The molecule has 0 aliphatic heterocycles. The van der Waals surface area contributed by atoms with Crippen molar-refractivity contribution in [3.05, 3.63) is 42.0 Å². The molecule has 0 radical (unpaired) electrons. The number of hydrogen-bond donors (Lipinski definition) is 0. The summed E-state index contributed by atoms with van der Waals surface area (Å²) in [4.78, 5) is 0. The fourth-order valence-corrected chi connectivity index (χ4v) is 1.78. The van der Waals surface area contributed by atoms with Gasteiger partial charge in [0.05, 0.1) is 12.4 Å². The second-order valence-corrected chi connectivity index (χ2v) is 4.30. The van der Waals surface area contributed by atoms with Gasteiger partial charge in [-0.2, -0.15) is 5.10 Å². The zero-order valence-corrected chi connectivity index (χ0v) is 14.8. The molecular formula is C12H12BF4KN2O. The average molecular weight is 326 g/mol. The number of hydrogen-bond acceptors (Lipinski definition) is 2. The van der Waals surface area contributed by atoms with Crippen molar-refractivity contribution >= 4 is 12.4 Å². The summed E-state index contributed by atoms with van der Waals surface area (Å²) in [5, 5.41) is 3.97. The van der Waals surface area contributed by atoms with E-state index in [-0.39, 0.29) is 63.7 Å². The number of ether oxygens (including phenoxy) is 1. The number of aromatic nitrogens is 2. The minimum atomic E-state index is -5.34. The minimum absolute atomic E-state index is 0. The van der Waals surface area contributed by atoms with Gasteiger partial charge < -0.3 is 17.7 Å². The first-order chi connectivity index (χ1) is 9.38. The van der Waals surface area contributed by atoms with E-state index in [1.807, 2.05) is 0 Å². The molecule has 0 unspecified atom stereocenters. The largest absolute Gasteiger partial charge is 1.00 e. The van der Waals surface area contributed by atoms with Crippen molar-refractivity contribution in [3.8, 4) is 5.75 Å². The summed E-state index contributed by atoms with van der Waals surface area (Å²) in [5.74, 6) is -1.23. The Bertz CT molecular complexity index is 603. The van der Waals surface area contributed by atoms with Crippen molar-refractivity contribution in [2.75, 3.05) is 6.61 Å². The summed E-state index contributed by atoms with van der Waals surface area (Å²) in [7, 11) is 1.77. The van der Waals surface area contributed by atoms with Crippen molar-refractivity contribution in [1.82, 2.24) is 9.78 Å². The molecule has 108 valence electrons. The van der Waals surface area contributed by atoms with Gasteiger partial charge in [-0.25, -0.2) is 4.39 Å². The van der Waals surface area contributed by atoms with E-state index in [0.29, 0.717) is 12.5 Å². The Balaban J connectivity index is 0.00000220. The number of benzene rings is 1. The van der Waals surface area contributed by atoms with Gasteiger partial charge in [-0.3, -0.25) is 4.68 Å². The summed E-state index contributed by atoms with van der Waals surface area (Å²) < 4.78 is 57.5. The van der Waals surface area contributed by atoms with Gasteiger partial charge in [-0.05, 0) is 12.1 Å². The maximum atomic E-state index is 13.3. The quantitative estimate of drug-likeness (QED) is 0.534. The van der Waals surface area contributed by atoms with E-state index < -0.39 is 18.3 Å². The Labute approximate surface area is 162 Å². The van der Waals surface area contributed by atoms with Crippen LogP contribution in [-0.2, 0) is 13.5 Å². The summed E-state index contributed by atoms with van der Waals surface area (Å²) in [6.07, 6.45) is 2.16. The van der Waals surface area contributed by atoms with Crippen molar-refractivity contribution < 1.29 is 73.5 Å². The topological polar surface area (TPSA) is 27.1 Å². The summed E-state index contributed by atoms with van der Waals surface area (Å²) >= 11 is 0. The van der Waals surface area contributed by atoms with E-state index >= 15 is 0 Å². The van der Waals surface area contributed by atoms with Crippen LogP contribution in [0.3, 0.4) is 0 Å². The van der Waals surface area contributed by atoms with Gasteiger partial charge in [0.2, 0.25) is 0 Å². The zero-order valence-electron chi connectivity index (χ0n) is 11.7. The van der Waals surface area contributed by atoms with Gasteiger partial charge in [-0.1, -0.05) is 11.5 Å². The van der Waals surface area contributed by atoms with Crippen LogP contribution < -0.4 is 61.6 Å². The predicted octanol–water partition coefficient (Wildman–Crippen LogP) is -0.761. The van der Waals surface area contributed by atoms with Crippen LogP contribution in [0.25, 0.3) is 0 Å². The molecule has 0 bridgehead atoms. The van der Waals surface area contributed by atoms with E-state index in [1.165, 1.54) is 0 Å². The number of aryl methyl sites for hydroxylation is 1. The molecule has 0 amide bonds. The molecule has 1 heterocycles. The van der Waals surface area contributed by atoms with Crippen molar-refractivity contribution in [2.45, 2.75) is 6.42 Å². The van der Waals surface area contributed by atoms with Crippen LogP contribution >= 0.6 is 0 Å². The first kappa shape index (κ1) is 18.7. The third kappa shape index (κ3) is 5.10. The van der Waals surface area contributed by atoms with Gasteiger partial charge in [0.25, 0.3) is 0 Å². The molecule has 0 fully saturated rings. The second kappa shape index (κ2) is 7.78. The minimum Gasteiger partial charge on any atom is -0.493 e. The fraction of sp³-hybridized carbons (Fsp3) is 0.250. The molecule has 0 saturated carbocycles. The third-order valence-electron chi connectivity index (χ3n) is 2.87. The molecule has 21 heavy (non-hydrogen) atoms. The first-order valence-electron chi connectivity index (χ1n) is 5.97. The van der Waals surface area contributed by atoms with Crippen molar-refractivity contribution in [3.63, 3.8) is 0 Å². The van der Waals surface area contributed by atoms with Crippen LogP contribution in [0.15, 0.2) is 30.5 Å². The molecule has 9 heteroatoms. The summed E-state index contributed by atoms with van der Waals surface area (Å²) in [6, 6.07) is 4.39. The molecule has 0 aliphatic carbocycles. The molecule has 0 spiro atoms. The molecule has 2 rings (SSSR count).